The van der Waals surface area contributed by atoms with Crippen LogP contribution in [0.4, 0.5) is 10.1 Å². The number of aryl methyl sites for hydroxylation is 1. The number of nitrogens with zero attached hydrogens (tertiary/aromatic N) is 2. The molecule has 1 heterocycles. The quantitative estimate of drug-likeness (QED) is 0.721. The molecular formula is C16H16FN3O. The molecule has 0 atom stereocenters. The normalized spacial score (nSPS) is 11.0. The van der Waals surface area contributed by atoms with Gasteiger partial charge in [0, 0.05) is 12.2 Å². The molecular weight excluding hydrogens is 269 g/mol. The topological polar surface area (TPSA) is 50.1 Å². The average Bonchev–Trinajstić information content (AvgIpc) is 2.83. The SMILES string of the molecule is CCn1c(CNc2ccc(O)cc2)nc2ccc(F)cc21. The number of imidazole rings is 1. The van der Waals surface area contributed by atoms with Crippen LogP contribution in [0.2, 0.25) is 0 Å². The summed E-state index contributed by atoms with van der Waals surface area (Å²) in [7, 11) is 0. The lowest BCUT2D eigenvalue weighted by molar-refractivity contribution is 0.475. The Bertz CT molecular complexity index is 765. The third-order valence-electron chi connectivity index (χ3n) is 3.42. The van der Waals surface area contributed by atoms with Gasteiger partial charge in [0.15, 0.2) is 0 Å². The molecule has 5 heteroatoms. The number of phenols is 1. The fourth-order valence-corrected chi connectivity index (χ4v) is 2.39. The number of aromatic nitrogens is 2. The Morgan fingerprint density at radius 2 is 1.95 bits per heavy atom. The molecule has 0 spiro atoms. The molecule has 0 aliphatic heterocycles. The summed E-state index contributed by atoms with van der Waals surface area (Å²) in [5, 5.41) is 12.5. The third-order valence-corrected chi connectivity index (χ3v) is 3.42. The molecule has 3 aromatic rings. The molecule has 0 radical (unpaired) electrons. The van der Waals surface area contributed by atoms with Gasteiger partial charge in [-0.2, -0.15) is 0 Å². The minimum Gasteiger partial charge on any atom is -0.508 e. The van der Waals surface area contributed by atoms with Gasteiger partial charge in [-0.1, -0.05) is 0 Å². The second kappa shape index (κ2) is 5.44. The van der Waals surface area contributed by atoms with Crippen LogP contribution in [0.5, 0.6) is 5.75 Å². The Balaban J connectivity index is 1.88. The van der Waals surface area contributed by atoms with Crippen LogP contribution in [-0.2, 0) is 13.1 Å². The number of hydrogen-bond acceptors (Lipinski definition) is 3. The second-order valence-electron chi connectivity index (χ2n) is 4.81. The number of rotatable bonds is 4. The molecule has 0 fully saturated rings. The van der Waals surface area contributed by atoms with Crippen LogP contribution in [0.1, 0.15) is 12.7 Å². The Morgan fingerprint density at radius 1 is 1.19 bits per heavy atom. The minimum atomic E-state index is -0.254. The van der Waals surface area contributed by atoms with E-state index >= 15 is 0 Å². The molecule has 4 nitrogen and oxygen atoms in total. The molecule has 0 saturated carbocycles. The summed E-state index contributed by atoms with van der Waals surface area (Å²) in [5.74, 6) is 0.832. The van der Waals surface area contributed by atoms with Crippen LogP contribution in [0.15, 0.2) is 42.5 Å². The van der Waals surface area contributed by atoms with Gasteiger partial charge in [0.05, 0.1) is 17.6 Å². The van der Waals surface area contributed by atoms with Crippen molar-refractivity contribution in [2.45, 2.75) is 20.0 Å². The first-order valence-corrected chi connectivity index (χ1v) is 6.85. The fourth-order valence-electron chi connectivity index (χ4n) is 2.39. The van der Waals surface area contributed by atoms with E-state index in [1.165, 1.54) is 12.1 Å². The Labute approximate surface area is 121 Å². The van der Waals surface area contributed by atoms with Crippen LogP contribution in [0, 0.1) is 5.82 Å². The highest BCUT2D eigenvalue weighted by molar-refractivity contribution is 5.76. The maximum Gasteiger partial charge on any atom is 0.129 e. The van der Waals surface area contributed by atoms with Gasteiger partial charge in [0.1, 0.15) is 17.4 Å². The molecule has 2 aromatic carbocycles. The van der Waals surface area contributed by atoms with Crippen LogP contribution in [0.25, 0.3) is 11.0 Å². The van der Waals surface area contributed by atoms with E-state index in [1.807, 2.05) is 11.5 Å². The van der Waals surface area contributed by atoms with E-state index in [9.17, 15) is 9.50 Å². The van der Waals surface area contributed by atoms with Gasteiger partial charge in [0.25, 0.3) is 0 Å². The van der Waals surface area contributed by atoms with Crippen molar-refractivity contribution in [2.75, 3.05) is 5.32 Å². The summed E-state index contributed by atoms with van der Waals surface area (Å²) < 4.78 is 15.4. The van der Waals surface area contributed by atoms with E-state index < -0.39 is 0 Å². The van der Waals surface area contributed by atoms with Crippen molar-refractivity contribution in [1.82, 2.24) is 9.55 Å². The van der Waals surface area contributed by atoms with Gasteiger partial charge in [-0.25, -0.2) is 9.37 Å². The van der Waals surface area contributed by atoms with Crippen molar-refractivity contribution in [1.29, 1.82) is 0 Å². The van der Waals surface area contributed by atoms with E-state index in [0.717, 1.165) is 29.1 Å². The number of phenolic OH excluding ortho intramolecular Hbond substituents is 1. The summed E-state index contributed by atoms with van der Waals surface area (Å²) in [5.41, 5.74) is 2.49. The molecule has 1 aromatic heterocycles. The maximum absolute atomic E-state index is 13.4. The largest absolute Gasteiger partial charge is 0.508 e. The summed E-state index contributed by atoms with van der Waals surface area (Å²) in [6.07, 6.45) is 0. The maximum atomic E-state index is 13.4. The second-order valence-corrected chi connectivity index (χ2v) is 4.81. The van der Waals surface area contributed by atoms with E-state index in [0.29, 0.717) is 6.54 Å². The number of benzene rings is 2. The molecule has 21 heavy (non-hydrogen) atoms. The predicted molar refractivity (Wildman–Crippen MR) is 80.8 cm³/mol. The van der Waals surface area contributed by atoms with Crippen LogP contribution < -0.4 is 5.32 Å². The van der Waals surface area contributed by atoms with Crippen LogP contribution in [-0.4, -0.2) is 14.7 Å². The van der Waals surface area contributed by atoms with Gasteiger partial charge >= 0.3 is 0 Å². The van der Waals surface area contributed by atoms with E-state index in [1.54, 1.807) is 30.3 Å². The summed E-state index contributed by atoms with van der Waals surface area (Å²) >= 11 is 0. The lowest BCUT2D eigenvalue weighted by Crippen LogP contribution is -2.07. The monoisotopic (exact) mass is 285 g/mol. The highest BCUT2D eigenvalue weighted by Gasteiger charge is 2.10. The van der Waals surface area contributed by atoms with E-state index in [4.69, 9.17) is 0 Å². The average molecular weight is 285 g/mol. The lowest BCUT2D eigenvalue weighted by atomic mass is 10.3. The summed E-state index contributed by atoms with van der Waals surface area (Å²) in [4.78, 5) is 4.54. The van der Waals surface area contributed by atoms with Crippen LogP contribution in [0.3, 0.4) is 0 Å². The first kappa shape index (κ1) is 13.4. The standard InChI is InChI=1S/C16H16FN3O/c1-2-20-15-9-11(17)3-8-14(15)19-16(20)10-18-12-4-6-13(21)7-5-12/h3-9,18,21H,2,10H2,1H3. The smallest absolute Gasteiger partial charge is 0.129 e. The summed E-state index contributed by atoms with van der Waals surface area (Å²) in [6, 6.07) is 11.5. The number of fused-ring (bicyclic) bond motifs is 1. The third kappa shape index (κ3) is 2.67. The van der Waals surface area contributed by atoms with Gasteiger partial charge in [-0.05, 0) is 49.4 Å². The molecule has 2 N–H and O–H groups in total. The number of anilines is 1. The van der Waals surface area contributed by atoms with Crippen LogP contribution >= 0.6 is 0 Å². The zero-order chi connectivity index (χ0) is 14.8. The van der Waals surface area contributed by atoms with Crippen molar-refractivity contribution in [3.8, 4) is 5.75 Å². The molecule has 0 amide bonds. The highest BCUT2D eigenvalue weighted by atomic mass is 19.1. The van der Waals surface area contributed by atoms with Gasteiger partial charge in [-0.3, -0.25) is 0 Å². The zero-order valence-electron chi connectivity index (χ0n) is 11.7. The Morgan fingerprint density at radius 3 is 2.67 bits per heavy atom. The molecule has 0 unspecified atom stereocenters. The summed E-state index contributed by atoms with van der Waals surface area (Å²) in [6.45, 7) is 3.28. The molecule has 0 aliphatic rings. The molecule has 0 bridgehead atoms. The number of nitrogens with one attached hydrogen (secondary N) is 1. The molecule has 0 aliphatic carbocycles. The van der Waals surface area contributed by atoms with Crippen molar-refractivity contribution < 1.29 is 9.50 Å². The fraction of sp³-hybridized carbons (Fsp3) is 0.188. The Hall–Kier alpha value is -2.56. The lowest BCUT2D eigenvalue weighted by Gasteiger charge is -2.08. The van der Waals surface area contributed by atoms with Crippen molar-refractivity contribution >= 4 is 16.7 Å². The van der Waals surface area contributed by atoms with E-state index in [-0.39, 0.29) is 11.6 Å². The molecule has 0 saturated heterocycles. The zero-order valence-corrected chi connectivity index (χ0v) is 11.7. The first-order chi connectivity index (χ1) is 10.2. The van der Waals surface area contributed by atoms with Crippen molar-refractivity contribution in [3.05, 3.63) is 54.1 Å². The van der Waals surface area contributed by atoms with E-state index in [2.05, 4.69) is 10.3 Å². The number of hydrogen-bond donors (Lipinski definition) is 2. The van der Waals surface area contributed by atoms with Gasteiger partial charge in [0.2, 0.25) is 0 Å². The van der Waals surface area contributed by atoms with Crippen molar-refractivity contribution in [2.24, 2.45) is 0 Å². The highest BCUT2D eigenvalue weighted by Crippen LogP contribution is 2.19. The minimum absolute atomic E-state index is 0.233. The van der Waals surface area contributed by atoms with Gasteiger partial charge in [-0.15, -0.1) is 0 Å². The number of halogens is 1. The Kier molecular flexibility index (Phi) is 3.48. The molecule has 108 valence electrons. The molecule has 3 rings (SSSR count). The predicted octanol–water partition coefficient (Wildman–Crippen LogP) is 3.51. The first-order valence-electron chi connectivity index (χ1n) is 6.85. The van der Waals surface area contributed by atoms with Crippen molar-refractivity contribution in [3.63, 3.8) is 0 Å². The number of aromatic hydroxyl groups is 1. The van der Waals surface area contributed by atoms with Gasteiger partial charge < -0.3 is 15.0 Å².